The van der Waals surface area contributed by atoms with Gasteiger partial charge in [-0.1, -0.05) is 24.3 Å². The molecule has 0 unspecified atom stereocenters. The van der Waals surface area contributed by atoms with Crippen LogP contribution in [0.2, 0.25) is 0 Å². The van der Waals surface area contributed by atoms with Crippen LogP contribution in [0.3, 0.4) is 0 Å². The topological polar surface area (TPSA) is 153 Å². The van der Waals surface area contributed by atoms with Gasteiger partial charge in [-0.25, -0.2) is 19.2 Å². The van der Waals surface area contributed by atoms with Gasteiger partial charge in [-0.15, -0.1) is 22.7 Å². The molecule has 0 aliphatic carbocycles. The first-order valence-corrected chi connectivity index (χ1v) is 17.0. The number of benzene rings is 1. The second-order valence-electron chi connectivity index (χ2n) is 14.8. The molecule has 0 bridgehead atoms. The molecule has 14 heteroatoms. The van der Waals surface area contributed by atoms with E-state index in [0.717, 1.165) is 11.1 Å². The Balaban J connectivity index is 2.00. The van der Waals surface area contributed by atoms with Crippen LogP contribution in [0.25, 0.3) is 20.9 Å². The predicted molar refractivity (Wildman–Crippen MR) is 192 cm³/mol. The fraction of sp³-hybridized carbons (Fsp3) is 0.471. The molecule has 0 radical (unpaired) electrons. The smallest absolute Gasteiger partial charge is 0.412 e. The van der Waals surface area contributed by atoms with E-state index < -0.39 is 46.8 Å². The highest BCUT2D eigenvalue weighted by Gasteiger charge is 2.26. The molecule has 0 fully saturated rings. The molecule has 4 amide bonds. The van der Waals surface area contributed by atoms with Crippen molar-refractivity contribution >= 4 is 69.8 Å². The summed E-state index contributed by atoms with van der Waals surface area (Å²) in [5.74, 6) is 0. The Morgan fingerprint density at radius 1 is 0.458 bits per heavy atom. The van der Waals surface area contributed by atoms with E-state index in [2.05, 4.69) is 21.3 Å². The monoisotopic (exact) mass is 702 g/mol. The first kappa shape index (κ1) is 38.2. The van der Waals surface area contributed by atoms with Crippen LogP contribution in [0.15, 0.2) is 35.0 Å². The number of carbonyl (C=O) groups is 4. The molecule has 0 atom stereocenters. The molecule has 0 aliphatic heterocycles. The summed E-state index contributed by atoms with van der Waals surface area (Å²) >= 11 is 2.62. The Morgan fingerprint density at radius 2 is 0.708 bits per heavy atom. The Kier molecular flexibility index (Phi) is 11.5. The molecule has 0 saturated heterocycles. The summed E-state index contributed by atoms with van der Waals surface area (Å²) in [6.45, 7) is 21.1. The van der Waals surface area contributed by atoms with Crippen LogP contribution in [-0.4, -0.2) is 46.8 Å². The Bertz CT molecular complexity index is 1510. The molecule has 2 aromatic heterocycles. The van der Waals surface area contributed by atoms with Gasteiger partial charge in [0.15, 0.2) is 0 Å². The maximum absolute atomic E-state index is 12.8. The SMILES string of the molecule is CC(C)(C)OC(=O)Nc1csc(-c2ccc(-c3scc(NC(=O)OC(C)(C)C)c3NC(=O)OC(C)(C)C)cc2)c1NC(=O)OC(C)(C)C. The third-order valence-corrected chi connectivity index (χ3v) is 7.57. The molecular formula is C34H46N4O8S2. The van der Waals surface area contributed by atoms with Gasteiger partial charge in [-0.05, 0) is 94.2 Å². The third kappa shape index (κ3) is 12.1. The minimum atomic E-state index is -0.746. The van der Waals surface area contributed by atoms with E-state index in [1.54, 1.807) is 93.8 Å². The average molecular weight is 703 g/mol. The largest absolute Gasteiger partial charge is 0.444 e. The van der Waals surface area contributed by atoms with Crippen LogP contribution in [-0.2, 0) is 18.9 Å². The van der Waals surface area contributed by atoms with Gasteiger partial charge < -0.3 is 18.9 Å². The molecule has 0 aliphatic rings. The molecule has 0 spiro atoms. The lowest BCUT2D eigenvalue weighted by Gasteiger charge is -2.22. The maximum Gasteiger partial charge on any atom is 0.412 e. The number of thiophene rings is 2. The first-order valence-electron chi connectivity index (χ1n) is 15.2. The number of ether oxygens (including phenoxy) is 4. The summed E-state index contributed by atoms with van der Waals surface area (Å²) in [7, 11) is 0. The lowest BCUT2D eigenvalue weighted by atomic mass is 10.1. The molecule has 12 nitrogen and oxygen atoms in total. The van der Waals surface area contributed by atoms with Crippen LogP contribution in [0, 0.1) is 0 Å². The minimum absolute atomic E-state index is 0.346. The van der Waals surface area contributed by atoms with Gasteiger partial charge in [-0.2, -0.15) is 0 Å². The van der Waals surface area contributed by atoms with Crippen LogP contribution >= 0.6 is 22.7 Å². The zero-order valence-corrected chi connectivity index (χ0v) is 31.2. The van der Waals surface area contributed by atoms with Crippen molar-refractivity contribution in [2.75, 3.05) is 21.3 Å². The van der Waals surface area contributed by atoms with Crippen molar-refractivity contribution in [2.24, 2.45) is 0 Å². The predicted octanol–water partition coefficient (Wildman–Crippen LogP) is 10.5. The van der Waals surface area contributed by atoms with Gasteiger partial charge in [0.2, 0.25) is 0 Å². The van der Waals surface area contributed by atoms with E-state index in [-0.39, 0.29) is 0 Å². The van der Waals surface area contributed by atoms with E-state index >= 15 is 0 Å². The van der Waals surface area contributed by atoms with Gasteiger partial charge in [0.1, 0.15) is 22.4 Å². The summed E-state index contributed by atoms with van der Waals surface area (Å²) in [4.78, 5) is 52.2. The van der Waals surface area contributed by atoms with Crippen LogP contribution < -0.4 is 21.3 Å². The molecule has 3 aromatic rings. The summed E-state index contributed by atoms with van der Waals surface area (Å²) < 4.78 is 21.8. The molecule has 4 N–H and O–H groups in total. The highest BCUT2D eigenvalue weighted by Crippen LogP contribution is 2.44. The molecule has 0 saturated carbocycles. The second-order valence-corrected chi connectivity index (χ2v) is 16.6. The van der Waals surface area contributed by atoms with Crippen LogP contribution in [0.1, 0.15) is 83.1 Å². The standard InChI is InChI=1S/C34H46N4O8S2/c1-31(2,3)43-27(39)35-21-17-47-25(23(21)37-29(41)45-33(7,8)9)19-13-15-20(16-14-19)26-24(38-30(42)46-34(10,11)12)22(18-48-26)36-28(40)44-32(4,5)6/h13-18H,1-12H3,(H,35,39)(H,36,40)(H,37,41)(H,38,42). The Morgan fingerprint density at radius 3 is 0.958 bits per heavy atom. The van der Waals surface area contributed by atoms with Crippen molar-refractivity contribution < 1.29 is 38.1 Å². The van der Waals surface area contributed by atoms with Crippen molar-refractivity contribution in [1.29, 1.82) is 0 Å². The van der Waals surface area contributed by atoms with Crippen molar-refractivity contribution in [3.05, 3.63) is 35.0 Å². The number of nitrogens with one attached hydrogen (secondary N) is 4. The van der Waals surface area contributed by atoms with Crippen molar-refractivity contribution in [1.82, 2.24) is 0 Å². The first-order chi connectivity index (χ1) is 21.9. The number of hydrogen-bond donors (Lipinski definition) is 4. The number of amides is 4. The average Bonchev–Trinajstić information content (AvgIpc) is 3.43. The van der Waals surface area contributed by atoms with Gasteiger partial charge in [-0.3, -0.25) is 21.3 Å². The van der Waals surface area contributed by atoms with Crippen LogP contribution in [0.5, 0.6) is 0 Å². The molecule has 48 heavy (non-hydrogen) atoms. The number of rotatable bonds is 6. The van der Waals surface area contributed by atoms with Gasteiger partial charge in [0, 0.05) is 10.8 Å². The van der Waals surface area contributed by atoms with E-state index in [1.165, 1.54) is 22.7 Å². The fourth-order valence-electron chi connectivity index (χ4n) is 3.98. The normalized spacial score (nSPS) is 12.1. The lowest BCUT2D eigenvalue weighted by molar-refractivity contribution is 0.0621. The van der Waals surface area contributed by atoms with Gasteiger partial charge >= 0.3 is 24.4 Å². The fourth-order valence-corrected chi connectivity index (χ4v) is 5.91. The zero-order chi connectivity index (χ0) is 36.2. The van der Waals surface area contributed by atoms with Crippen molar-refractivity contribution in [2.45, 2.75) is 105 Å². The molecular weight excluding hydrogens is 657 g/mol. The second kappa shape index (κ2) is 14.4. The zero-order valence-electron chi connectivity index (χ0n) is 29.5. The lowest BCUT2D eigenvalue weighted by Crippen LogP contribution is -2.29. The number of anilines is 4. The Hall–Kier alpha value is -4.30. The summed E-state index contributed by atoms with van der Waals surface area (Å²) in [6.07, 6.45) is -2.72. The Labute approximate surface area is 289 Å². The molecule has 3 rings (SSSR count). The number of carbonyl (C=O) groups excluding carboxylic acids is 4. The molecule has 262 valence electrons. The highest BCUT2D eigenvalue weighted by atomic mass is 32.1. The third-order valence-electron chi connectivity index (χ3n) is 5.51. The highest BCUT2D eigenvalue weighted by molar-refractivity contribution is 7.15. The summed E-state index contributed by atoms with van der Waals surface area (Å²) in [5, 5.41) is 14.4. The number of hydrogen-bond acceptors (Lipinski definition) is 10. The van der Waals surface area contributed by atoms with Gasteiger partial charge in [0.25, 0.3) is 0 Å². The van der Waals surface area contributed by atoms with E-state index in [0.29, 0.717) is 32.5 Å². The van der Waals surface area contributed by atoms with E-state index in [1.807, 2.05) is 24.3 Å². The van der Waals surface area contributed by atoms with E-state index in [9.17, 15) is 19.2 Å². The van der Waals surface area contributed by atoms with Crippen molar-refractivity contribution in [3.63, 3.8) is 0 Å². The van der Waals surface area contributed by atoms with Crippen LogP contribution in [0.4, 0.5) is 41.9 Å². The summed E-state index contributed by atoms with van der Waals surface area (Å²) in [5.41, 5.74) is -0.0848. The molecule has 1 aromatic carbocycles. The van der Waals surface area contributed by atoms with E-state index in [4.69, 9.17) is 18.9 Å². The quantitative estimate of drug-likeness (QED) is 0.185. The maximum atomic E-state index is 12.8. The van der Waals surface area contributed by atoms with Crippen molar-refractivity contribution in [3.8, 4) is 20.9 Å². The minimum Gasteiger partial charge on any atom is -0.444 e. The van der Waals surface area contributed by atoms with Gasteiger partial charge in [0.05, 0.1) is 32.5 Å². The summed E-state index contributed by atoms with van der Waals surface area (Å²) in [6, 6.07) is 7.38. The molecule has 2 heterocycles.